The summed E-state index contributed by atoms with van der Waals surface area (Å²) < 4.78 is 6.62. The highest BCUT2D eigenvalue weighted by Gasteiger charge is 2.36. The fourth-order valence-electron chi connectivity index (χ4n) is 3.32. The number of ether oxygens (including phenoxy) is 1. The second kappa shape index (κ2) is 6.31. The molecule has 0 spiro atoms. The molecule has 5 nitrogen and oxygen atoms in total. The molecule has 3 heterocycles. The van der Waals surface area contributed by atoms with Gasteiger partial charge in [0.15, 0.2) is 0 Å². The number of hydrogen-bond donors (Lipinski definition) is 2. The van der Waals surface area contributed by atoms with Gasteiger partial charge in [0, 0.05) is 19.8 Å². The van der Waals surface area contributed by atoms with Gasteiger partial charge in [-0.25, -0.2) is 0 Å². The van der Waals surface area contributed by atoms with Gasteiger partial charge >= 0.3 is 0 Å². The third kappa shape index (κ3) is 2.62. The van der Waals surface area contributed by atoms with E-state index >= 15 is 0 Å². The van der Waals surface area contributed by atoms with Gasteiger partial charge < -0.3 is 10.5 Å². The molecule has 3 aromatic rings. The summed E-state index contributed by atoms with van der Waals surface area (Å²) in [5.74, 6) is 0.196. The van der Waals surface area contributed by atoms with Gasteiger partial charge in [0.05, 0.1) is 17.2 Å². The lowest BCUT2D eigenvalue weighted by Crippen LogP contribution is -2.20. The first-order valence-corrected chi connectivity index (χ1v) is 9.59. The summed E-state index contributed by atoms with van der Waals surface area (Å²) in [6, 6.07) is 12.2. The largest absolute Gasteiger partial charge is 0.420 e. The zero-order valence-electron chi connectivity index (χ0n) is 14.1. The molecule has 7 heteroatoms. The summed E-state index contributed by atoms with van der Waals surface area (Å²) in [7, 11) is 0. The first-order valence-electron chi connectivity index (χ1n) is 7.98. The molecule has 1 aliphatic heterocycles. The molecule has 0 unspecified atom stereocenters. The second-order valence-electron chi connectivity index (χ2n) is 6.12. The number of hydrogen-bond acceptors (Lipinski definition) is 5. The number of benzene rings is 1. The predicted octanol–water partition coefficient (Wildman–Crippen LogP) is 4.74. The van der Waals surface area contributed by atoms with Crippen molar-refractivity contribution in [3.8, 4) is 23.2 Å². The highest BCUT2D eigenvalue weighted by Crippen LogP contribution is 2.47. The number of nitrogens with two attached hydrogens (primary N) is 1. The number of nitriles is 1. The van der Waals surface area contributed by atoms with Crippen LogP contribution in [-0.4, -0.2) is 10.2 Å². The van der Waals surface area contributed by atoms with E-state index in [1.165, 1.54) is 9.75 Å². The maximum Gasteiger partial charge on any atom is 0.244 e. The minimum absolute atomic E-state index is 0.101. The lowest BCUT2D eigenvalue weighted by Gasteiger charge is -2.24. The van der Waals surface area contributed by atoms with Gasteiger partial charge in [-0.3, -0.25) is 5.10 Å². The minimum atomic E-state index is -0.329. The summed E-state index contributed by atoms with van der Waals surface area (Å²) in [6.45, 7) is 4.15. The van der Waals surface area contributed by atoms with E-state index in [1.807, 2.05) is 24.3 Å². The summed E-state index contributed by atoms with van der Waals surface area (Å²) >= 11 is 5.19. The second-order valence-corrected chi connectivity index (χ2v) is 8.50. The smallest absolute Gasteiger partial charge is 0.244 e. The lowest BCUT2D eigenvalue weighted by atomic mass is 9.83. The number of nitrogens with one attached hydrogen (secondary N) is 1. The predicted molar refractivity (Wildman–Crippen MR) is 105 cm³/mol. The molecule has 0 radical (unpaired) electrons. The van der Waals surface area contributed by atoms with Crippen LogP contribution < -0.4 is 10.5 Å². The van der Waals surface area contributed by atoms with Crippen LogP contribution >= 0.6 is 27.3 Å². The number of H-pyrrole nitrogens is 1. The molecular weight excluding hydrogens is 412 g/mol. The molecule has 3 N–H and O–H groups in total. The molecule has 2 aromatic heterocycles. The van der Waals surface area contributed by atoms with E-state index in [9.17, 15) is 5.26 Å². The molecule has 0 bridgehead atoms. The Morgan fingerprint density at radius 1 is 1.31 bits per heavy atom. The molecule has 0 saturated heterocycles. The van der Waals surface area contributed by atoms with Crippen LogP contribution in [0.5, 0.6) is 5.88 Å². The van der Waals surface area contributed by atoms with Gasteiger partial charge in [0.1, 0.15) is 11.6 Å². The van der Waals surface area contributed by atoms with Crippen molar-refractivity contribution in [2.24, 2.45) is 5.73 Å². The highest BCUT2D eigenvalue weighted by atomic mass is 79.9. The number of halogens is 1. The third-order valence-electron chi connectivity index (χ3n) is 4.45. The molecule has 0 aliphatic carbocycles. The standard InChI is InChI=1S/C19H15BrN4OS/c1-9-7-13(10(2)26-9)17-16-15(11-3-5-12(20)6-4-11)14(8-21)18(22)25-19(16)24-23-17/h3-7,15H,22H2,1-2H3,(H,23,24)/t15-/m1/s1. The van der Waals surface area contributed by atoms with Crippen molar-refractivity contribution >= 4 is 27.3 Å². The van der Waals surface area contributed by atoms with Crippen molar-refractivity contribution in [1.29, 1.82) is 5.26 Å². The van der Waals surface area contributed by atoms with Crippen LogP contribution in [0.15, 0.2) is 46.3 Å². The van der Waals surface area contributed by atoms with Crippen LogP contribution in [0.25, 0.3) is 11.3 Å². The first-order chi connectivity index (χ1) is 12.5. The van der Waals surface area contributed by atoms with Crippen molar-refractivity contribution in [1.82, 2.24) is 10.2 Å². The zero-order valence-corrected chi connectivity index (χ0v) is 16.5. The van der Waals surface area contributed by atoms with Gasteiger partial charge in [-0.2, -0.15) is 5.26 Å². The van der Waals surface area contributed by atoms with E-state index in [1.54, 1.807) is 11.3 Å². The molecule has 4 rings (SSSR count). The Balaban J connectivity index is 1.97. The molecule has 1 atom stereocenters. The molecule has 0 saturated carbocycles. The number of nitrogens with zero attached hydrogens (tertiary/aromatic N) is 2. The average molecular weight is 427 g/mol. The number of aromatic nitrogens is 2. The minimum Gasteiger partial charge on any atom is -0.420 e. The summed E-state index contributed by atoms with van der Waals surface area (Å²) in [4.78, 5) is 2.40. The van der Waals surface area contributed by atoms with Crippen LogP contribution in [0, 0.1) is 25.2 Å². The Hall–Kier alpha value is -2.56. The van der Waals surface area contributed by atoms with Crippen LogP contribution in [-0.2, 0) is 0 Å². The van der Waals surface area contributed by atoms with E-state index in [2.05, 4.69) is 52.1 Å². The van der Waals surface area contributed by atoms with E-state index in [0.717, 1.165) is 26.9 Å². The molecule has 26 heavy (non-hydrogen) atoms. The Morgan fingerprint density at radius 3 is 2.65 bits per heavy atom. The Labute approximate surface area is 163 Å². The Kier molecular flexibility index (Phi) is 4.10. The molecule has 130 valence electrons. The van der Waals surface area contributed by atoms with E-state index in [0.29, 0.717) is 11.5 Å². The van der Waals surface area contributed by atoms with Crippen molar-refractivity contribution in [3.05, 3.63) is 67.1 Å². The van der Waals surface area contributed by atoms with Crippen LogP contribution in [0.1, 0.15) is 26.8 Å². The van der Waals surface area contributed by atoms with Crippen molar-refractivity contribution < 1.29 is 4.74 Å². The number of rotatable bonds is 2. The van der Waals surface area contributed by atoms with E-state index in [-0.39, 0.29) is 11.8 Å². The summed E-state index contributed by atoms with van der Waals surface area (Å²) in [5.41, 5.74) is 10.2. The molecule has 0 amide bonds. The Morgan fingerprint density at radius 2 is 2.04 bits per heavy atom. The van der Waals surface area contributed by atoms with Crippen LogP contribution in [0.3, 0.4) is 0 Å². The molecule has 1 aromatic carbocycles. The maximum absolute atomic E-state index is 9.73. The van der Waals surface area contributed by atoms with Gasteiger partial charge in [-0.1, -0.05) is 28.1 Å². The van der Waals surface area contributed by atoms with Gasteiger partial charge in [0.25, 0.3) is 0 Å². The van der Waals surface area contributed by atoms with Crippen LogP contribution in [0.2, 0.25) is 0 Å². The maximum atomic E-state index is 9.73. The van der Waals surface area contributed by atoms with Crippen molar-refractivity contribution in [2.45, 2.75) is 19.8 Å². The van der Waals surface area contributed by atoms with Gasteiger partial charge in [0.2, 0.25) is 11.8 Å². The Bertz CT molecular complexity index is 1070. The quantitative estimate of drug-likeness (QED) is 0.619. The van der Waals surface area contributed by atoms with Crippen molar-refractivity contribution in [2.75, 3.05) is 0 Å². The number of aromatic amines is 1. The van der Waals surface area contributed by atoms with Crippen molar-refractivity contribution in [3.63, 3.8) is 0 Å². The fourth-order valence-corrected chi connectivity index (χ4v) is 4.51. The molecule has 0 fully saturated rings. The molecule has 1 aliphatic rings. The number of thiophene rings is 1. The van der Waals surface area contributed by atoms with Gasteiger partial charge in [-0.05, 0) is 37.6 Å². The first kappa shape index (κ1) is 16.9. The normalized spacial score (nSPS) is 16.2. The average Bonchev–Trinajstić information content (AvgIpc) is 3.16. The fraction of sp³-hybridized carbons (Fsp3) is 0.158. The number of fused-ring (bicyclic) bond motifs is 1. The lowest BCUT2D eigenvalue weighted by molar-refractivity contribution is 0.379. The highest BCUT2D eigenvalue weighted by molar-refractivity contribution is 9.10. The number of aryl methyl sites for hydroxylation is 2. The monoisotopic (exact) mass is 426 g/mol. The third-order valence-corrected chi connectivity index (χ3v) is 5.95. The summed E-state index contributed by atoms with van der Waals surface area (Å²) in [5, 5.41) is 17.1. The summed E-state index contributed by atoms with van der Waals surface area (Å²) in [6.07, 6.45) is 0. The number of allylic oxidation sites excluding steroid dienone is 1. The topological polar surface area (TPSA) is 87.7 Å². The zero-order chi connectivity index (χ0) is 18.4. The molecular formula is C19H15BrN4OS. The van der Waals surface area contributed by atoms with Gasteiger partial charge in [-0.15, -0.1) is 16.4 Å². The van der Waals surface area contributed by atoms with E-state index < -0.39 is 0 Å². The SMILES string of the molecule is Cc1cc(-c2[nH]nc3c2[C@H](c2ccc(Br)cc2)C(C#N)=C(N)O3)c(C)s1. The van der Waals surface area contributed by atoms with E-state index in [4.69, 9.17) is 10.5 Å². The van der Waals surface area contributed by atoms with Crippen LogP contribution in [0.4, 0.5) is 0 Å².